The number of rotatable bonds is 7. The van der Waals surface area contributed by atoms with E-state index in [1.807, 2.05) is 25.3 Å². The first kappa shape index (κ1) is 23.0. The Kier molecular flexibility index (Phi) is 6.50. The second-order valence-electron chi connectivity index (χ2n) is 7.38. The van der Waals surface area contributed by atoms with Crippen molar-refractivity contribution in [2.45, 2.75) is 26.9 Å². The van der Waals surface area contributed by atoms with Crippen LogP contribution in [-0.4, -0.2) is 30.4 Å². The Hall–Kier alpha value is -3.21. The zero-order chi connectivity index (χ0) is 23.7. The van der Waals surface area contributed by atoms with Gasteiger partial charge in [0.25, 0.3) is 5.91 Å². The Morgan fingerprint density at radius 2 is 1.97 bits per heavy atom. The Balaban J connectivity index is 1.46. The maximum atomic E-state index is 12.8. The molecule has 0 atom stereocenters. The van der Waals surface area contributed by atoms with Crippen molar-refractivity contribution in [1.82, 2.24) is 19.6 Å². The molecule has 0 saturated carbocycles. The summed E-state index contributed by atoms with van der Waals surface area (Å²) in [5.41, 5.74) is 3.85. The van der Waals surface area contributed by atoms with Gasteiger partial charge in [-0.1, -0.05) is 29.3 Å². The molecule has 0 saturated heterocycles. The van der Waals surface area contributed by atoms with Gasteiger partial charge in [0.15, 0.2) is 0 Å². The van der Waals surface area contributed by atoms with Crippen LogP contribution in [0.2, 0.25) is 10.0 Å². The van der Waals surface area contributed by atoms with Crippen molar-refractivity contribution >= 4 is 51.8 Å². The molecule has 0 radical (unpaired) electrons. The average Bonchev–Trinajstić information content (AvgIpc) is 3.48. The molecule has 1 N–H and O–H groups in total. The summed E-state index contributed by atoms with van der Waals surface area (Å²) in [5.74, 6) is -0.252. The monoisotopic (exact) mass is 504 g/mol. The number of nitrogens with one attached hydrogen (secondary N) is 1. The predicted octanol–water partition coefficient (Wildman–Crippen LogP) is 5.32. The van der Waals surface area contributed by atoms with Gasteiger partial charge in [-0.05, 0) is 48.6 Å². The lowest BCUT2D eigenvalue weighted by Gasteiger charge is -2.07. The normalized spacial score (nSPS) is 11.0. The lowest BCUT2D eigenvalue weighted by Crippen LogP contribution is -2.12. The van der Waals surface area contributed by atoms with Gasteiger partial charge in [-0.2, -0.15) is 10.2 Å². The number of anilines is 1. The first-order valence-electron chi connectivity index (χ1n) is 9.75. The number of hydrogen-bond donors (Lipinski definition) is 1. The molecule has 0 aliphatic heterocycles. The molecule has 9 nitrogen and oxygen atoms in total. The van der Waals surface area contributed by atoms with Gasteiger partial charge in [0.1, 0.15) is 12.4 Å². The van der Waals surface area contributed by atoms with E-state index >= 15 is 0 Å². The third-order valence-corrected chi connectivity index (χ3v) is 6.71. The summed E-state index contributed by atoms with van der Waals surface area (Å²) in [6.45, 7) is 4.53. The third kappa shape index (κ3) is 5.08. The van der Waals surface area contributed by atoms with Crippen LogP contribution in [0.5, 0.6) is 0 Å². The Morgan fingerprint density at radius 1 is 1.18 bits per heavy atom. The minimum atomic E-state index is -0.498. The second kappa shape index (κ2) is 9.34. The maximum Gasteiger partial charge on any atom is 0.307 e. The van der Waals surface area contributed by atoms with Crippen LogP contribution in [0.3, 0.4) is 0 Å². The van der Waals surface area contributed by atoms with E-state index in [4.69, 9.17) is 23.2 Å². The molecule has 0 aliphatic carbocycles. The fourth-order valence-corrected chi connectivity index (χ4v) is 4.43. The molecule has 3 heterocycles. The SMILES string of the molecule is Cc1nn(Cc2ccc(Cl)c(Cl)c2)c(C)c1NC(=O)c1cc(Cn2cc([N+](=O)[O-])cn2)cs1. The summed E-state index contributed by atoms with van der Waals surface area (Å²) in [6.07, 6.45) is 2.55. The van der Waals surface area contributed by atoms with Crippen LogP contribution in [0.1, 0.15) is 32.2 Å². The fraction of sp³-hybridized carbons (Fsp3) is 0.190. The van der Waals surface area contributed by atoms with Crippen LogP contribution in [0, 0.1) is 24.0 Å². The van der Waals surface area contributed by atoms with Crippen molar-refractivity contribution in [3.8, 4) is 0 Å². The minimum Gasteiger partial charge on any atom is -0.318 e. The molecule has 33 heavy (non-hydrogen) atoms. The molecular formula is C21H18Cl2N6O3S. The van der Waals surface area contributed by atoms with Crippen molar-refractivity contribution in [2.75, 3.05) is 5.32 Å². The van der Waals surface area contributed by atoms with Gasteiger partial charge in [0.05, 0.1) is 50.0 Å². The molecule has 0 fully saturated rings. The molecule has 1 amide bonds. The van der Waals surface area contributed by atoms with Gasteiger partial charge < -0.3 is 5.32 Å². The van der Waals surface area contributed by atoms with Crippen LogP contribution in [0.15, 0.2) is 42.0 Å². The van der Waals surface area contributed by atoms with Crippen molar-refractivity contribution in [3.63, 3.8) is 0 Å². The standard InChI is InChI=1S/C21H18Cl2N6O3S/c1-12-20(13(2)28(26-12)9-14-3-4-17(22)18(23)5-14)25-21(30)19-6-15(11-33-19)8-27-10-16(7-24-27)29(31)32/h3-7,10-11H,8-9H2,1-2H3,(H,25,30). The largest absolute Gasteiger partial charge is 0.318 e. The number of amides is 1. The van der Waals surface area contributed by atoms with E-state index in [1.54, 1.807) is 22.9 Å². The molecule has 0 spiro atoms. The number of hydrogen-bond acceptors (Lipinski definition) is 6. The first-order valence-corrected chi connectivity index (χ1v) is 11.4. The van der Waals surface area contributed by atoms with Crippen molar-refractivity contribution in [3.05, 3.63) is 89.6 Å². The van der Waals surface area contributed by atoms with E-state index in [0.717, 1.165) is 16.8 Å². The lowest BCUT2D eigenvalue weighted by molar-refractivity contribution is -0.385. The summed E-state index contributed by atoms with van der Waals surface area (Å²) >= 11 is 13.4. The molecule has 4 rings (SSSR count). The topological polar surface area (TPSA) is 108 Å². The highest BCUT2D eigenvalue weighted by Gasteiger charge is 2.17. The fourth-order valence-electron chi connectivity index (χ4n) is 3.32. The highest BCUT2D eigenvalue weighted by molar-refractivity contribution is 7.12. The van der Waals surface area contributed by atoms with Gasteiger partial charge in [-0.3, -0.25) is 24.3 Å². The lowest BCUT2D eigenvalue weighted by atomic mass is 10.2. The van der Waals surface area contributed by atoms with Crippen LogP contribution in [0.4, 0.5) is 11.4 Å². The molecule has 3 aromatic heterocycles. The van der Waals surface area contributed by atoms with Gasteiger partial charge in [0, 0.05) is 0 Å². The molecule has 0 unspecified atom stereocenters. The Morgan fingerprint density at radius 3 is 2.67 bits per heavy atom. The van der Waals surface area contributed by atoms with Gasteiger partial charge in [-0.25, -0.2) is 0 Å². The Labute approximate surface area is 202 Å². The number of aromatic nitrogens is 4. The minimum absolute atomic E-state index is 0.0768. The molecule has 0 aliphatic rings. The highest BCUT2D eigenvalue weighted by Crippen LogP contribution is 2.26. The number of thiophene rings is 1. The average molecular weight is 505 g/mol. The van der Waals surface area contributed by atoms with E-state index in [0.29, 0.717) is 39.4 Å². The van der Waals surface area contributed by atoms with Crippen molar-refractivity contribution in [2.24, 2.45) is 0 Å². The van der Waals surface area contributed by atoms with Crippen molar-refractivity contribution < 1.29 is 9.72 Å². The first-order chi connectivity index (χ1) is 15.7. The summed E-state index contributed by atoms with van der Waals surface area (Å²) in [4.78, 5) is 23.7. The summed E-state index contributed by atoms with van der Waals surface area (Å²) in [7, 11) is 0. The van der Waals surface area contributed by atoms with Crippen LogP contribution < -0.4 is 5.32 Å². The van der Waals surface area contributed by atoms with E-state index in [1.165, 1.54) is 28.4 Å². The number of halogens is 2. The van der Waals surface area contributed by atoms with E-state index < -0.39 is 4.92 Å². The van der Waals surface area contributed by atoms with Crippen LogP contribution >= 0.6 is 34.5 Å². The van der Waals surface area contributed by atoms with Gasteiger partial charge in [0.2, 0.25) is 0 Å². The smallest absolute Gasteiger partial charge is 0.307 e. The number of carbonyl (C=O) groups excluding carboxylic acids is 1. The van der Waals surface area contributed by atoms with Crippen LogP contribution in [-0.2, 0) is 13.1 Å². The molecular weight excluding hydrogens is 487 g/mol. The zero-order valence-electron chi connectivity index (χ0n) is 17.6. The quantitative estimate of drug-likeness (QED) is 0.270. The van der Waals surface area contributed by atoms with E-state index in [9.17, 15) is 14.9 Å². The molecule has 12 heteroatoms. The van der Waals surface area contributed by atoms with E-state index in [2.05, 4.69) is 15.5 Å². The molecule has 4 aromatic rings. The van der Waals surface area contributed by atoms with Crippen molar-refractivity contribution in [1.29, 1.82) is 0 Å². The molecule has 170 valence electrons. The number of nitrogens with zero attached hydrogens (tertiary/aromatic N) is 5. The predicted molar refractivity (Wildman–Crippen MR) is 128 cm³/mol. The third-order valence-electron chi connectivity index (χ3n) is 4.99. The molecule has 0 bridgehead atoms. The number of aryl methyl sites for hydroxylation is 1. The second-order valence-corrected chi connectivity index (χ2v) is 9.10. The van der Waals surface area contributed by atoms with Gasteiger partial charge >= 0.3 is 5.69 Å². The van der Waals surface area contributed by atoms with Gasteiger partial charge in [-0.15, -0.1) is 11.3 Å². The number of carbonyl (C=O) groups is 1. The summed E-state index contributed by atoms with van der Waals surface area (Å²) in [6, 6.07) is 7.16. The van der Waals surface area contributed by atoms with Crippen LogP contribution in [0.25, 0.3) is 0 Å². The zero-order valence-corrected chi connectivity index (χ0v) is 19.9. The number of benzene rings is 1. The summed E-state index contributed by atoms with van der Waals surface area (Å²) < 4.78 is 3.26. The molecule has 1 aromatic carbocycles. The highest BCUT2D eigenvalue weighted by atomic mass is 35.5. The number of nitro groups is 1. The maximum absolute atomic E-state index is 12.8. The summed E-state index contributed by atoms with van der Waals surface area (Å²) in [5, 5.41) is 25.1. The Bertz CT molecular complexity index is 1360. The van der Waals surface area contributed by atoms with E-state index in [-0.39, 0.29) is 11.6 Å².